The maximum absolute atomic E-state index is 13.6. The van der Waals surface area contributed by atoms with Gasteiger partial charge in [0.1, 0.15) is 11.6 Å². The van der Waals surface area contributed by atoms with E-state index < -0.39 is 11.6 Å². The van der Waals surface area contributed by atoms with Crippen molar-refractivity contribution in [3.05, 3.63) is 57.8 Å². The largest absolute Gasteiger partial charge is 0.293 e. The fourth-order valence-electron chi connectivity index (χ4n) is 1.91. The molecule has 2 rings (SSSR count). The number of Topliss-reactive ketones (excluding diaryl/α,β-unsaturated/α-hetero) is 1. The van der Waals surface area contributed by atoms with Crippen molar-refractivity contribution in [2.45, 2.75) is 13.5 Å². The zero-order chi connectivity index (χ0) is 14.5. The van der Waals surface area contributed by atoms with Gasteiger partial charge in [-0.1, -0.05) is 13.0 Å². The minimum Gasteiger partial charge on any atom is -0.293 e. The maximum Gasteiger partial charge on any atom is 0.179 e. The Morgan fingerprint density at radius 2 is 2.10 bits per heavy atom. The molecule has 0 bridgehead atoms. The van der Waals surface area contributed by atoms with E-state index >= 15 is 0 Å². The molecule has 1 aromatic carbocycles. The molecule has 0 aliphatic rings. The summed E-state index contributed by atoms with van der Waals surface area (Å²) in [6.07, 6.45) is 0. The average Bonchev–Trinajstić information content (AvgIpc) is 2.90. The lowest BCUT2D eigenvalue weighted by Gasteiger charge is -2.18. The molecule has 1 aromatic heterocycles. The van der Waals surface area contributed by atoms with Gasteiger partial charge in [-0.05, 0) is 30.1 Å². The van der Waals surface area contributed by atoms with E-state index in [1.165, 1.54) is 6.07 Å². The number of thiophene rings is 1. The monoisotopic (exact) mass is 295 g/mol. The third-order valence-corrected chi connectivity index (χ3v) is 3.87. The minimum atomic E-state index is -0.804. The Kier molecular flexibility index (Phi) is 4.98. The Bertz CT molecular complexity index is 584. The highest BCUT2D eigenvalue weighted by Crippen LogP contribution is 2.14. The Morgan fingerprint density at radius 3 is 2.70 bits per heavy atom. The van der Waals surface area contributed by atoms with E-state index in [1.54, 1.807) is 11.3 Å². The fourth-order valence-corrected chi connectivity index (χ4v) is 2.65. The molecule has 0 aliphatic heterocycles. The molecule has 0 amide bonds. The van der Waals surface area contributed by atoms with Crippen LogP contribution in [0.15, 0.2) is 35.7 Å². The van der Waals surface area contributed by atoms with Crippen LogP contribution in [0.5, 0.6) is 0 Å². The van der Waals surface area contributed by atoms with E-state index in [4.69, 9.17) is 0 Å². The van der Waals surface area contributed by atoms with Crippen LogP contribution in [-0.2, 0) is 6.54 Å². The first kappa shape index (κ1) is 14.8. The molecule has 0 N–H and O–H groups in total. The molecule has 20 heavy (non-hydrogen) atoms. The molecule has 0 atom stereocenters. The Labute approximate surface area is 120 Å². The lowest BCUT2D eigenvalue weighted by molar-refractivity contribution is 0.0926. The van der Waals surface area contributed by atoms with Crippen LogP contribution in [0.25, 0.3) is 0 Å². The third kappa shape index (κ3) is 3.71. The topological polar surface area (TPSA) is 20.3 Å². The smallest absolute Gasteiger partial charge is 0.179 e. The molecule has 5 heteroatoms. The normalized spacial score (nSPS) is 11.0. The van der Waals surface area contributed by atoms with Crippen molar-refractivity contribution in [3.8, 4) is 0 Å². The van der Waals surface area contributed by atoms with Crippen molar-refractivity contribution in [1.82, 2.24) is 4.90 Å². The number of rotatable bonds is 6. The SMILES string of the molecule is CCN(CC(=O)c1ccc(F)cc1F)Cc1cccs1. The van der Waals surface area contributed by atoms with Crippen molar-refractivity contribution < 1.29 is 13.6 Å². The first-order chi connectivity index (χ1) is 9.60. The van der Waals surface area contributed by atoms with Crippen molar-refractivity contribution in [1.29, 1.82) is 0 Å². The molecule has 0 unspecified atom stereocenters. The molecule has 2 aromatic rings. The number of likely N-dealkylation sites (N-methyl/N-ethyl adjacent to an activating group) is 1. The van der Waals surface area contributed by atoms with Gasteiger partial charge >= 0.3 is 0 Å². The van der Waals surface area contributed by atoms with Gasteiger partial charge in [0.25, 0.3) is 0 Å². The highest BCUT2D eigenvalue weighted by atomic mass is 32.1. The summed E-state index contributed by atoms with van der Waals surface area (Å²) in [6.45, 7) is 3.41. The maximum atomic E-state index is 13.6. The van der Waals surface area contributed by atoms with E-state index in [-0.39, 0.29) is 17.9 Å². The quantitative estimate of drug-likeness (QED) is 0.757. The lowest BCUT2D eigenvalue weighted by atomic mass is 10.1. The van der Waals surface area contributed by atoms with Crippen molar-refractivity contribution in [3.63, 3.8) is 0 Å². The molecule has 0 aliphatic carbocycles. The van der Waals surface area contributed by atoms with Gasteiger partial charge in [-0.15, -0.1) is 11.3 Å². The van der Waals surface area contributed by atoms with Crippen LogP contribution in [0.3, 0.4) is 0 Å². The van der Waals surface area contributed by atoms with Crippen LogP contribution in [0, 0.1) is 11.6 Å². The molecule has 0 spiro atoms. The van der Waals surface area contributed by atoms with Gasteiger partial charge in [-0.2, -0.15) is 0 Å². The molecule has 0 saturated heterocycles. The first-order valence-electron chi connectivity index (χ1n) is 6.33. The van der Waals surface area contributed by atoms with E-state index in [0.717, 1.165) is 17.0 Å². The molecular formula is C15H15F2NOS. The fraction of sp³-hybridized carbons (Fsp3) is 0.267. The van der Waals surface area contributed by atoms with Crippen LogP contribution < -0.4 is 0 Å². The number of carbonyl (C=O) groups excluding carboxylic acids is 1. The summed E-state index contributed by atoms with van der Waals surface area (Å²) in [6, 6.07) is 6.99. The molecule has 0 fully saturated rings. The number of hydrogen-bond donors (Lipinski definition) is 0. The van der Waals surface area contributed by atoms with Crippen molar-refractivity contribution >= 4 is 17.1 Å². The van der Waals surface area contributed by atoms with Crippen LogP contribution in [0.2, 0.25) is 0 Å². The summed E-state index contributed by atoms with van der Waals surface area (Å²) >= 11 is 1.62. The van der Waals surface area contributed by atoms with Crippen LogP contribution >= 0.6 is 11.3 Å². The standard InChI is InChI=1S/C15H15F2NOS/c1-2-18(9-12-4-3-7-20-12)10-15(19)13-6-5-11(16)8-14(13)17/h3-8H,2,9-10H2,1H3. The van der Waals surface area contributed by atoms with Gasteiger partial charge in [-0.3, -0.25) is 9.69 Å². The molecule has 0 saturated carbocycles. The van der Waals surface area contributed by atoms with E-state index in [9.17, 15) is 13.6 Å². The summed E-state index contributed by atoms with van der Waals surface area (Å²) in [5, 5.41) is 1.98. The number of ketones is 1. The predicted molar refractivity (Wildman–Crippen MR) is 76.0 cm³/mol. The first-order valence-corrected chi connectivity index (χ1v) is 7.21. The van der Waals surface area contributed by atoms with E-state index in [0.29, 0.717) is 13.1 Å². The Hall–Kier alpha value is -1.59. The lowest BCUT2D eigenvalue weighted by Crippen LogP contribution is -2.29. The average molecular weight is 295 g/mol. The second-order valence-corrected chi connectivity index (χ2v) is 5.46. The number of carbonyl (C=O) groups is 1. The van der Waals surface area contributed by atoms with Crippen molar-refractivity contribution in [2.75, 3.05) is 13.1 Å². The highest BCUT2D eigenvalue weighted by molar-refractivity contribution is 7.09. The summed E-state index contributed by atoms with van der Waals surface area (Å²) in [4.78, 5) is 15.2. The van der Waals surface area contributed by atoms with Gasteiger partial charge in [0.15, 0.2) is 5.78 Å². The zero-order valence-corrected chi connectivity index (χ0v) is 11.9. The number of hydrogen-bond acceptors (Lipinski definition) is 3. The van der Waals surface area contributed by atoms with Gasteiger partial charge in [0.05, 0.1) is 12.1 Å². The van der Waals surface area contributed by atoms with Gasteiger partial charge in [-0.25, -0.2) is 8.78 Å². The van der Waals surface area contributed by atoms with Crippen LogP contribution in [0.1, 0.15) is 22.2 Å². The second kappa shape index (κ2) is 6.72. The third-order valence-electron chi connectivity index (χ3n) is 3.01. The van der Waals surface area contributed by atoms with Gasteiger partial charge < -0.3 is 0 Å². The molecule has 106 valence electrons. The number of benzene rings is 1. The highest BCUT2D eigenvalue weighted by Gasteiger charge is 2.16. The van der Waals surface area contributed by atoms with Crippen LogP contribution in [0.4, 0.5) is 8.78 Å². The van der Waals surface area contributed by atoms with E-state index in [1.807, 2.05) is 29.3 Å². The molecule has 2 nitrogen and oxygen atoms in total. The number of nitrogens with zero attached hydrogens (tertiary/aromatic N) is 1. The number of halogens is 2. The van der Waals surface area contributed by atoms with Gasteiger partial charge in [0.2, 0.25) is 0 Å². The summed E-state index contributed by atoms with van der Waals surface area (Å²) in [5.41, 5.74) is -0.0592. The van der Waals surface area contributed by atoms with E-state index in [2.05, 4.69) is 0 Å². The van der Waals surface area contributed by atoms with Crippen LogP contribution in [-0.4, -0.2) is 23.8 Å². The van der Waals surface area contributed by atoms with Crippen molar-refractivity contribution in [2.24, 2.45) is 0 Å². The van der Waals surface area contributed by atoms with Gasteiger partial charge in [0, 0.05) is 17.5 Å². The zero-order valence-electron chi connectivity index (χ0n) is 11.1. The second-order valence-electron chi connectivity index (χ2n) is 4.43. The molecule has 1 heterocycles. The predicted octanol–water partition coefficient (Wildman–Crippen LogP) is 3.73. The summed E-state index contributed by atoms with van der Waals surface area (Å²) < 4.78 is 26.4. The minimum absolute atomic E-state index is 0.0592. The summed E-state index contributed by atoms with van der Waals surface area (Å²) in [5.74, 6) is -1.81. The Morgan fingerprint density at radius 1 is 1.30 bits per heavy atom. The Balaban J connectivity index is 2.05. The molecule has 0 radical (unpaired) electrons. The molecular weight excluding hydrogens is 280 g/mol. The summed E-state index contributed by atoms with van der Waals surface area (Å²) in [7, 11) is 0.